The van der Waals surface area contributed by atoms with E-state index in [1.165, 1.54) is 11.3 Å². The molecule has 0 atom stereocenters. The first-order valence-electron chi connectivity index (χ1n) is 10.1. The number of carbonyl (C=O) groups excluding carboxylic acids is 1. The highest BCUT2D eigenvalue weighted by atomic mass is 32.1. The second-order valence-electron chi connectivity index (χ2n) is 7.20. The van der Waals surface area contributed by atoms with Crippen molar-refractivity contribution in [1.29, 1.82) is 0 Å². The zero-order chi connectivity index (χ0) is 21.0. The molecule has 2 N–H and O–H groups in total. The number of nitrogens with one attached hydrogen (secondary N) is 2. The van der Waals surface area contributed by atoms with Gasteiger partial charge in [-0.1, -0.05) is 18.2 Å². The van der Waals surface area contributed by atoms with Crippen LogP contribution >= 0.6 is 11.3 Å². The standard InChI is InChI=1S/C23H21N5O2S/c29-23(21-13-16-3-1-2-4-20(16)31-21)26-18-7-5-17(6-8-18)25-22-14-19(15-24-27-22)28-9-11-30-12-10-28/h1-8,13-15H,9-12H2,(H,25,27)(H,26,29). The minimum Gasteiger partial charge on any atom is -0.378 e. The summed E-state index contributed by atoms with van der Waals surface area (Å²) in [6.45, 7) is 3.14. The summed E-state index contributed by atoms with van der Waals surface area (Å²) in [6, 6.07) is 19.4. The van der Waals surface area contributed by atoms with Gasteiger partial charge in [0.15, 0.2) is 5.82 Å². The van der Waals surface area contributed by atoms with E-state index in [0.717, 1.165) is 53.5 Å². The number of anilines is 4. The number of rotatable bonds is 5. The molecule has 1 aliphatic rings. The van der Waals surface area contributed by atoms with Crippen molar-refractivity contribution in [2.75, 3.05) is 41.8 Å². The molecule has 1 aliphatic heterocycles. The number of benzene rings is 2. The average molecular weight is 432 g/mol. The molecule has 0 unspecified atom stereocenters. The number of morpholine rings is 1. The number of hydrogen-bond acceptors (Lipinski definition) is 7. The lowest BCUT2D eigenvalue weighted by molar-refractivity contribution is 0.103. The Labute approximate surface area is 183 Å². The molecular weight excluding hydrogens is 410 g/mol. The number of amides is 1. The Kier molecular flexibility index (Phi) is 5.47. The molecule has 31 heavy (non-hydrogen) atoms. The molecular formula is C23H21N5O2S. The van der Waals surface area contributed by atoms with E-state index in [4.69, 9.17) is 4.74 Å². The van der Waals surface area contributed by atoms with E-state index >= 15 is 0 Å². The maximum absolute atomic E-state index is 12.6. The van der Waals surface area contributed by atoms with Crippen molar-refractivity contribution in [2.24, 2.45) is 0 Å². The van der Waals surface area contributed by atoms with Gasteiger partial charge in [0, 0.05) is 35.2 Å². The van der Waals surface area contributed by atoms with Gasteiger partial charge in [-0.15, -0.1) is 16.4 Å². The van der Waals surface area contributed by atoms with Gasteiger partial charge in [0.25, 0.3) is 5.91 Å². The van der Waals surface area contributed by atoms with Crippen molar-refractivity contribution in [3.8, 4) is 0 Å². The predicted molar refractivity (Wildman–Crippen MR) is 125 cm³/mol. The third kappa shape index (κ3) is 4.50. The number of fused-ring (bicyclic) bond motifs is 1. The van der Waals surface area contributed by atoms with Crippen LogP contribution in [-0.2, 0) is 4.74 Å². The Balaban J connectivity index is 1.24. The van der Waals surface area contributed by atoms with Crippen LogP contribution in [0.15, 0.2) is 66.9 Å². The maximum Gasteiger partial charge on any atom is 0.265 e. The third-order valence-corrected chi connectivity index (χ3v) is 6.20. The summed E-state index contributed by atoms with van der Waals surface area (Å²) in [5.41, 5.74) is 2.63. The Morgan fingerprint density at radius 1 is 1.00 bits per heavy atom. The van der Waals surface area contributed by atoms with Crippen molar-refractivity contribution in [3.05, 3.63) is 71.7 Å². The minimum atomic E-state index is -0.106. The molecule has 0 saturated carbocycles. The molecule has 8 heteroatoms. The van der Waals surface area contributed by atoms with Gasteiger partial charge in [-0.3, -0.25) is 4.79 Å². The van der Waals surface area contributed by atoms with E-state index < -0.39 is 0 Å². The van der Waals surface area contributed by atoms with Gasteiger partial charge in [0.2, 0.25) is 0 Å². The molecule has 0 aliphatic carbocycles. The van der Waals surface area contributed by atoms with E-state index in [2.05, 4.69) is 25.7 Å². The predicted octanol–water partition coefficient (Wildman–Crippen LogP) is 4.52. The second kappa shape index (κ2) is 8.71. The highest BCUT2D eigenvalue weighted by molar-refractivity contribution is 7.20. The lowest BCUT2D eigenvalue weighted by Gasteiger charge is -2.28. The fourth-order valence-electron chi connectivity index (χ4n) is 3.48. The molecule has 7 nitrogen and oxygen atoms in total. The second-order valence-corrected chi connectivity index (χ2v) is 8.29. The molecule has 1 saturated heterocycles. The largest absolute Gasteiger partial charge is 0.378 e. The van der Waals surface area contributed by atoms with E-state index in [0.29, 0.717) is 10.7 Å². The third-order valence-electron chi connectivity index (χ3n) is 5.08. The zero-order valence-corrected chi connectivity index (χ0v) is 17.6. The van der Waals surface area contributed by atoms with Crippen molar-refractivity contribution in [3.63, 3.8) is 0 Å². The van der Waals surface area contributed by atoms with Crippen LogP contribution in [0.4, 0.5) is 22.9 Å². The molecule has 156 valence electrons. The number of aromatic nitrogens is 2. The van der Waals surface area contributed by atoms with Gasteiger partial charge in [-0.25, -0.2) is 0 Å². The van der Waals surface area contributed by atoms with Crippen LogP contribution in [-0.4, -0.2) is 42.4 Å². The summed E-state index contributed by atoms with van der Waals surface area (Å²) >= 11 is 1.49. The average Bonchev–Trinajstić information content (AvgIpc) is 3.26. The first kappa shape index (κ1) is 19.5. The lowest BCUT2D eigenvalue weighted by Crippen LogP contribution is -2.36. The summed E-state index contributed by atoms with van der Waals surface area (Å²) in [5.74, 6) is 0.567. The van der Waals surface area contributed by atoms with Gasteiger partial charge < -0.3 is 20.3 Å². The smallest absolute Gasteiger partial charge is 0.265 e. The highest BCUT2D eigenvalue weighted by Crippen LogP contribution is 2.26. The van der Waals surface area contributed by atoms with Crippen molar-refractivity contribution < 1.29 is 9.53 Å². The summed E-state index contributed by atoms with van der Waals surface area (Å²) in [4.78, 5) is 15.5. The molecule has 1 amide bonds. The molecule has 4 aromatic rings. The lowest BCUT2D eigenvalue weighted by atomic mass is 10.2. The molecule has 0 spiro atoms. The molecule has 2 aromatic carbocycles. The van der Waals surface area contributed by atoms with Gasteiger partial charge >= 0.3 is 0 Å². The minimum absolute atomic E-state index is 0.106. The Bertz CT molecular complexity index is 1170. The van der Waals surface area contributed by atoms with Crippen LogP contribution in [0.1, 0.15) is 9.67 Å². The van der Waals surface area contributed by atoms with Crippen LogP contribution in [0, 0.1) is 0 Å². The topological polar surface area (TPSA) is 79.4 Å². The number of carbonyl (C=O) groups is 1. The molecule has 0 bridgehead atoms. The van der Waals surface area contributed by atoms with E-state index in [9.17, 15) is 4.79 Å². The van der Waals surface area contributed by atoms with Crippen molar-refractivity contribution in [1.82, 2.24) is 10.2 Å². The summed E-state index contributed by atoms with van der Waals surface area (Å²) in [5, 5.41) is 15.6. The number of nitrogens with zero attached hydrogens (tertiary/aromatic N) is 3. The zero-order valence-electron chi connectivity index (χ0n) is 16.7. The molecule has 0 radical (unpaired) electrons. The molecule has 3 heterocycles. The molecule has 5 rings (SSSR count). The Hall–Kier alpha value is -3.49. The maximum atomic E-state index is 12.6. The summed E-state index contributed by atoms with van der Waals surface area (Å²) in [7, 11) is 0. The number of ether oxygens (including phenoxy) is 1. The molecule has 1 fully saturated rings. The van der Waals surface area contributed by atoms with Crippen molar-refractivity contribution in [2.45, 2.75) is 0 Å². The fourth-order valence-corrected chi connectivity index (χ4v) is 4.44. The summed E-state index contributed by atoms with van der Waals surface area (Å²) < 4.78 is 6.51. The van der Waals surface area contributed by atoms with Gasteiger partial charge in [-0.05, 0) is 41.8 Å². The SMILES string of the molecule is O=C(Nc1ccc(Nc2cc(N3CCOCC3)cnn2)cc1)c1cc2ccccc2s1. The number of thiophene rings is 1. The van der Waals surface area contributed by atoms with Crippen LogP contribution in [0.3, 0.4) is 0 Å². The van der Waals surface area contributed by atoms with Crippen LogP contribution in [0.25, 0.3) is 10.1 Å². The first-order chi connectivity index (χ1) is 15.2. The van der Waals surface area contributed by atoms with Gasteiger partial charge in [0.05, 0.1) is 30.0 Å². The van der Waals surface area contributed by atoms with Crippen LogP contribution < -0.4 is 15.5 Å². The van der Waals surface area contributed by atoms with Crippen LogP contribution in [0.2, 0.25) is 0 Å². The van der Waals surface area contributed by atoms with E-state index in [-0.39, 0.29) is 5.91 Å². The van der Waals surface area contributed by atoms with Crippen LogP contribution in [0.5, 0.6) is 0 Å². The van der Waals surface area contributed by atoms with Crippen molar-refractivity contribution >= 4 is 50.2 Å². The normalized spacial score (nSPS) is 13.9. The monoisotopic (exact) mass is 431 g/mol. The first-order valence-corrected chi connectivity index (χ1v) is 10.9. The highest BCUT2D eigenvalue weighted by Gasteiger charge is 2.13. The summed E-state index contributed by atoms with van der Waals surface area (Å²) in [6.07, 6.45) is 1.77. The quantitative estimate of drug-likeness (QED) is 0.484. The van der Waals surface area contributed by atoms with E-state index in [1.54, 1.807) is 6.20 Å². The molecule has 2 aromatic heterocycles. The van der Waals surface area contributed by atoms with Gasteiger partial charge in [0.1, 0.15) is 0 Å². The number of hydrogen-bond donors (Lipinski definition) is 2. The Morgan fingerprint density at radius 2 is 1.77 bits per heavy atom. The fraction of sp³-hybridized carbons (Fsp3) is 0.174. The van der Waals surface area contributed by atoms with E-state index in [1.807, 2.05) is 60.7 Å². The Morgan fingerprint density at radius 3 is 2.58 bits per heavy atom. The van der Waals surface area contributed by atoms with Gasteiger partial charge in [-0.2, -0.15) is 5.10 Å².